The molecule has 3 atom stereocenters. The quantitative estimate of drug-likeness (QED) is 0.246. The van der Waals surface area contributed by atoms with Gasteiger partial charge in [-0.05, 0) is 90.8 Å². The number of pyridine rings is 2. The molecule has 5 nitrogen and oxygen atoms in total. The summed E-state index contributed by atoms with van der Waals surface area (Å²) < 4.78 is 16.7. The Labute approximate surface area is 259 Å². The van der Waals surface area contributed by atoms with Gasteiger partial charge in [0.15, 0.2) is 0 Å². The molecule has 0 radical (unpaired) electrons. The first-order valence-electron chi connectivity index (χ1n) is 16.4. The second-order valence-electron chi connectivity index (χ2n) is 13.1. The lowest BCUT2D eigenvalue weighted by molar-refractivity contribution is 0.489. The summed E-state index contributed by atoms with van der Waals surface area (Å²) in [5.74, 6) is 1.60. The van der Waals surface area contributed by atoms with Crippen molar-refractivity contribution in [2.24, 2.45) is 17.8 Å². The zero-order chi connectivity index (χ0) is 29.6. The number of benzene rings is 1. The van der Waals surface area contributed by atoms with Crippen LogP contribution in [0.4, 0.5) is 10.1 Å². The first-order valence-corrected chi connectivity index (χ1v) is 16.4. The Kier molecular flexibility index (Phi) is 7.18. The van der Waals surface area contributed by atoms with E-state index >= 15 is 4.39 Å². The van der Waals surface area contributed by atoms with Gasteiger partial charge in [-0.1, -0.05) is 38.0 Å². The van der Waals surface area contributed by atoms with Crippen LogP contribution >= 0.6 is 0 Å². The minimum absolute atomic E-state index is 0.186. The Morgan fingerprint density at radius 3 is 2.75 bits per heavy atom. The maximum atomic E-state index is 16.7. The van der Waals surface area contributed by atoms with Crippen LogP contribution in [0.15, 0.2) is 95.9 Å². The minimum atomic E-state index is -0.186. The van der Waals surface area contributed by atoms with Crippen LogP contribution in [0.5, 0.6) is 0 Å². The topological polar surface area (TPSA) is 61.9 Å². The number of hydrogen-bond acceptors (Lipinski definition) is 5. The largest absolute Gasteiger partial charge is 0.381 e. The molecule has 4 heterocycles. The van der Waals surface area contributed by atoms with E-state index < -0.39 is 0 Å². The molecule has 224 valence electrons. The van der Waals surface area contributed by atoms with Gasteiger partial charge in [-0.25, -0.2) is 4.39 Å². The highest BCUT2D eigenvalue weighted by molar-refractivity contribution is 5.92. The molecule has 2 fully saturated rings. The standard InChI is InChI=1S/C38H40FN5/c1-23-5-4-8-28(26-11-14-40-15-12-26)34-31-18-32(31)38(44-37(23)34)30-13-16-43-33-10-9-29(36(39)35(30)33)27-17-25(21-42-22-27)20-41-19-24-6-2-3-7-24/h4-5,9-15,17,21-24,28,31,41,43-44H,2-3,6-8,16,18-20H2,1H3. The number of aromatic nitrogens is 2. The maximum Gasteiger partial charge on any atom is 0.141 e. The summed E-state index contributed by atoms with van der Waals surface area (Å²) >= 11 is 0. The fourth-order valence-electron chi connectivity index (χ4n) is 7.98. The van der Waals surface area contributed by atoms with E-state index in [0.29, 0.717) is 29.5 Å². The van der Waals surface area contributed by atoms with Gasteiger partial charge in [-0.3, -0.25) is 9.97 Å². The van der Waals surface area contributed by atoms with Crippen LogP contribution in [-0.4, -0.2) is 23.1 Å². The summed E-state index contributed by atoms with van der Waals surface area (Å²) in [4.78, 5) is 8.77. The first-order chi connectivity index (χ1) is 21.7. The molecule has 0 bridgehead atoms. The normalized spacial score (nSPS) is 24.1. The summed E-state index contributed by atoms with van der Waals surface area (Å²) in [6, 6.07) is 10.3. The van der Waals surface area contributed by atoms with Gasteiger partial charge in [0.2, 0.25) is 0 Å². The zero-order valence-corrected chi connectivity index (χ0v) is 25.4. The van der Waals surface area contributed by atoms with Gasteiger partial charge in [0.1, 0.15) is 5.82 Å². The number of halogens is 1. The monoisotopic (exact) mass is 585 g/mol. The van der Waals surface area contributed by atoms with Gasteiger partial charge in [-0.15, -0.1) is 0 Å². The van der Waals surface area contributed by atoms with E-state index in [2.05, 4.69) is 69.3 Å². The third-order valence-corrected chi connectivity index (χ3v) is 10.3. The number of rotatable bonds is 7. The Balaban J connectivity index is 1.10. The van der Waals surface area contributed by atoms with Gasteiger partial charge in [0.05, 0.1) is 0 Å². The smallest absolute Gasteiger partial charge is 0.141 e. The fourth-order valence-corrected chi connectivity index (χ4v) is 7.98. The highest BCUT2D eigenvalue weighted by atomic mass is 19.1. The molecule has 44 heavy (non-hydrogen) atoms. The van der Waals surface area contributed by atoms with Crippen molar-refractivity contribution in [3.05, 3.63) is 118 Å². The Morgan fingerprint density at radius 1 is 1.02 bits per heavy atom. The van der Waals surface area contributed by atoms with Gasteiger partial charge in [-0.2, -0.15) is 0 Å². The van der Waals surface area contributed by atoms with Gasteiger partial charge >= 0.3 is 0 Å². The third-order valence-electron chi connectivity index (χ3n) is 10.3. The fraction of sp³-hybridized carbons (Fsp3) is 0.368. The average molecular weight is 586 g/mol. The van der Waals surface area contributed by atoms with E-state index in [1.54, 1.807) is 6.20 Å². The molecule has 0 amide bonds. The Bertz CT molecular complexity index is 1710. The summed E-state index contributed by atoms with van der Waals surface area (Å²) in [5.41, 5.74) is 11.6. The molecule has 8 rings (SSSR count). The van der Waals surface area contributed by atoms with E-state index in [-0.39, 0.29) is 11.7 Å². The molecule has 0 saturated heterocycles. The molecule has 3 unspecified atom stereocenters. The van der Waals surface area contributed by atoms with E-state index in [1.165, 1.54) is 48.1 Å². The van der Waals surface area contributed by atoms with Crippen molar-refractivity contribution in [2.75, 3.05) is 18.4 Å². The van der Waals surface area contributed by atoms with Crippen molar-refractivity contribution in [2.45, 2.75) is 57.9 Å². The predicted octanol–water partition coefficient (Wildman–Crippen LogP) is 7.88. The van der Waals surface area contributed by atoms with E-state index in [0.717, 1.165) is 59.9 Å². The molecule has 3 aliphatic carbocycles. The molecule has 1 aromatic carbocycles. The van der Waals surface area contributed by atoms with E-state index in [4.69, 9.17) is 0 Å². The molecular weight excluding hydrogens is 545 g/mol. The Morgan fingerprint density at radius 2 is 1.89 bits per heavy atom. The molecular formula is C38H40FN5. The number of fused-ring (bicyclic) bond motifs is 3. The number of dihydropyridines is 1. The molecule has 0 spiro atoms. The highest BCUT2D eigenvalue weighted by Gasteiger charge is 2.46. The second kappa shape index (κ2) is 11.5. The SMILES string of the molecule is CC1C=CCC(c2ccncc2)C2=C1NC(C1=CCNc3ccc(-c4cncc(CNCC5CCCC5)c4)c(F)c31)=C1CC12. The van der Waals surface area contributed by atoms with Crippen LogP contribution in [0.3, 0.4) is 0 Å². The van der Waals surface area contributed by atoms with Crippen molar-refractivity contribution in [1.82, 2.24) is 20.6 Å². The minimum Gasteiger partial charge on any atom is -0.381 e. The van der Waals surface area contributed by atoms with Crippen LogP contribution in [0.2, 0.25) is 0 Å². The van der Waals surface area contributed by atoms with Crippen LogP contribution in [0.25, 0.3) is 16.7 Å². The molecule has 3 aromatic rings. The van der Waals surface area contributed by atoms with Crippen LogP contribution in [0, 0.1) is 23.6 Å². The van der Waals surface area contributed by atoms with Crippen molar-refractivity contribution >= 4 is 11.3 Å². The Hall–Kier alpha value is -4.03. The molecule has 2 saturated carbocycles. The van der Waals surface area contributed by atoms with Gasteiger partial charge < -0.3 is 16.0 Å². The number of nitrogens with one attached hydrogen (secondary N) is 3. The predicted molar refractivity (Wildman–Crippen MR) is 175 cm³/mol. The van der Waals surface area contributed by atoms with E-state index in [1.807, 2.05) is 30.7 Å². The lowest BCUT2D eigenvalue weighted by Crippen LogP contribution is -2.27. The molecule has 6 heteroatoms. The lowest BCUT2D eigenvalue weighted by atomic mass is 9.82. The van der Waals surface area contributed by atoms with E-state index in [9.17, 15) is 0 Å². The number of nitrogens with zero attached hydrogens (tertiary/aromatic N) is 2. The summed E-state index contributed by atoms with van der Waals surface area (Å²) in [6.45, 7) is 4.74. The highest BCUT2D eigenvalue weighted by Crippen LogP contribution is 2.57. The van der Waals surface area contributed by atoms with Gasteiger partial charge in [0.25, 0.3) is 0 Å². The summed E-state index contributed by atoms with van der Waals surface area (Å²) in [6.07, 6.45) is 21.6. The lowest BCUT2D eigenvalue weighted by Gasteiger charge is -2.31. The van der Waals surface area contributed by atoms with Gasteiger partial charge in [0, 0.05) is 95.0 Å². The van der Waals surface area contributed by atoms with Crippen molar-refractivity contribution in [1.29, 1.82) is 0 Å². The zero-order valence-electron chi connectivity index (χ0n) is 25.4. The number of allylic oxidation sites excluding steroid dienone is 5. The number of anilines is 1. The molecule has 2 aromatic heterocycles. The number of hydrogen-bond donors (Lipinski definition) is 3. The van der Waals surface area contributed by atoms with Crippen molar-refractivity contribution in [3.63, 3.8) is 0 Å². The van der Waals surface area contributed by atoms with Crippen molar-refractivity contribution < 1.29 is 4.39 Å². The molecule has 2 aliphatic heterocycles. The summed E-state index contributed by atoms with van der Waals surface area (Å²) in [5, 5.41) is 10.9. The maximum absolute atomic E-state index is 16.7. The average Bonchev–Trinajstić information content (AvgIpc) is 3.72. The third kappa shape index (κ3) is 4.99. The summed E-state index contributed by atoms with van der Waals surface area (Å²) in [7, 11) is 0. The first kappa shape index (κ1) is 27.5. The molecule has 5 aliphatic rings. The second-order valence-corrected chi connectivity index (χ2v) is 13.1. The van der Waals surface area contributed by atoms with Crippen LogP contribution in [0.1, 0.15) is 68.1 Å². The molecule has 3 N–H and O–H groups in total. The van der Waals surface area contributed by atoms with Crippen LogP contribution in [-0.2, 0) is 6.54 Å². The van der Waals surface area contributed by atoms with Crippen LogP contribution < -0.4 is 16.0 Å². The van der Waals surface area contributed by atoms with Crippen molar-refractivity contribution in [3.8, 4) is 11.1 Å².